The number of nitrogens with zero attached hydrogens (tertiary/aromatic N) is 3. The number of allylic oxidation sites excluding steroid dienone is 1. The molecule has 2 aromatic carbocycles. The molecule has 0 aliphatic carbocycles. The third kappa shape index (κ3) is 24.7. The zero-order chi connectivity index (χ0) is 53.0. The van der Waals surface area contributed by atoms with E-state index in [0.29, 0.717) is 82.3 Å². The van der Waals surface area contributed by atoms with Gasteiger partial charge in [-0.2, -0.15) is 0 Å². The van der Waals surface area contributed by atoms with Gasteiger partial charge in [0.25, 0.3) is 0 Å². The number of benzene rings is 2. The number of aromatic nitrogens is 1. The number of amides is 4. The summed E-state index contributed by atoms with van der Waals surface area (Å²) in [5, 5.41) is 9.44. The molecule has 2 aliphatic rings. The molecule has 3 heterocycles. The highest BCUT2D eigenvalue weighted by molar-refractivity contribution is 5.89. The van der Waals surface area contributed by atoms with Crippen LogP contribution in [0.25, 0.3) is 0 Å². The first-order valence-corrected chi connectivity index (χ1v) is 24.3. The summed E-state index contributed by atoms with van der Waals surface area (Å²) in [5.74, 6) is 11.7. The molecule has 2 atom stereocenters. The smallest absolute Gasteiger partial charge is 0.243 e. The first-order valence-electron chi connectivity index (χ1n) is 24.3. The third-order valence-corrected chi connectivity index (χ3v) is 10.1. The maximum Gasteiger partial charge on any atom is 0.243 e. The third-order valence-electron chi connectivity index (χ3n) is 10.1. The van der Waals surface area contributed by atoms with Crippen LogP contribution in [0.2, 0.25) is 0 Å². The monoisotopic (exact) mass is 973 g/mol. The molecular formula is C54H84N8O8. The van der Waals surface area contributed by atoms with Gasteiger partial charge >= 0.3 is 0 Å². The zero-order valence-corrected chi connectivity index (χ0v) is 44.1. The fourth-order valence-electron chi connectivity index (χ4n) is 6.90. The van der Waals surface area contributed by atoms with Crippen molar-refractivity contribution >= 4 is 23.6 Å². The van der Waals surface area contributed by atoms with Crippen molar-refractivity contribution in [2.45, 2.75) is 139 Å². The van der Waals surface area contributed by atoms with Crippen LogP contribution < -0.4 is 37.1 Å². The molecular weight excluding hydrogens is 889 g/mol. The largest absolute Gasteiger partial charge is 0.496 e. The van der Waals surface area contributed by atoms with Crippen molar-refractivity contribution in [3.05, 3.63) is 88.6 Å². The van der Waals surface area contributed by atoms with Crippen molar-refractivity contribution in [3.8, 4) is 36.2 Å². The molecule has 2 aliphatic heterocycles. The second-order valence-corrected chi connectivity index (χ2v) is 16.7. The second kappa shape index (κ2) is 37.4. The molecule has 2 fully saturated rings. The minimum atomic E-state index is -0.391. The van der Waals surface area contributed by atoms with Crippen molar-refractivity contribution in [2.75, 3.05) is 40.5 Å². The fourth-order valence-corrected chi connectivity index (χ4v) is 6.90. The summed E-state index contributed by atoms with van der Waals surface area (Å²) in [5.41, 5.74) is 12.2. The molecule has 0 bridgehead atoms. The van der Waals surface area contributed by atoms with Crippen molar-refractivity contribution in [3.63, 3.8) is 0 Å². The Morgan fingerprint density at radius 3 is 1.61 bits per heavy atom. The number of ether oxygens (including phenoxy) is 3. The van der Waals surface area contributed by atoms with Gasteiger partial charge in [0.2, 0.25) is 23.6 Å². The minimum absolute atomic E-state index is 0.0539. The number of methoxy groups -OCH3 is 2. The summed E-state index contributed by atoms with van der Waals surface area (Å²) < 4.78 is 20.7. The van der Waals surface area contributed by atoms with Gasteiger partial charge in [-0.25, -0.2) is 0 Å². The number of likely N-dealkylation sites (tertiary alicyclic amines) is 2. The maximum atomic E-state index is 12.8. The van der Waals surface area contributed by atoms with E-state index in [9.17, 15) is 19.2 Å². The molecule has 1 aromatic heterocycles. The number of hydrogen-bond acceptors (Lipinski definition) is 12. The van der Waals surface area contributed by atoms with Crippen LogP contribution in [0.4, 0.5) is 0 Å². The molecule has 0 saturated carbocycles. The predicted molar refractivity (Wildman–Crippen MR) is 279 cm³/mol. The van der Waals surface area contributed by atoms with Gasteiger partial charge in [0.15, 0.2) is 0 Å². The molecule has 16 heteroatoms. The minimum Gasteiger partial charge on any atom is -0.496 e. The Labute approximate surface area is 419 Å². The summed E-state index contributed by atoms with van der Waals surface area (Å²) >= 11 is 0. The van der Waals surface area contributed by atoms with Crippen LogP contribution >= 0.6 is 0 Å². The van der Waals surface area contributed by atoms with Crippen molar-refractivity contribution < 1.29 is 37.9 Å². The van der Waals surface area contributed by atoms with Crippen molar-refractivity contribution in [1.29, 1.82) is 0 Å². The van der Waals surface area contributed by atoms with E-state index in [1.807, 2.05) is 92.6 Å². The van der Waals surface area contributed by atoms with Gasteiger partial charge in [-0.05, 0) is 75.6 Å². The van der Waals surface area contributed by atoms with Crippen LogP contribution in [0.15, 0.2) is 65.1 Å². The maximum absolute atomic E-state index is 12.8. The standard InChI is InChI=1S/C23H32N2O4.C20H26N2O3.C4H5NO.C3H9N3.2C2H6/c1-5-18-9-10-19(21(15-18)29-13-7-12-28-4)16-24-23(27)20-8-6-11-25(20)22(26)14-17(2)3;1-5-15-8-9-16(18(12-15)25-4)13-21-20(24)17-7-6-10-22(17)19(23)11-14(2)3;1-4-2-3-6-5-4;1-3(4)2-6-5;2*1-2/h1,9-10,15,17,20H,6-8,11-14,16H2,2-4H3,(H,24,27);1,8-9,12,14,17H,6-7,10-11,13H2,2-4H3,(H,21,24);2-3H,1H3;2,6H,4-5H2,1H3;2*1-2H3/b;;;3-2-;;. The van der Waals surface area contributed by atoms with Crippen LogP contribution in [0.1, 0.15) is 135 Å². The SMILES string of the molecule is C#Cc1ccc(CNC(=O)C2CCCN2C(=O)CC(C)C)c(OC)c1.C#Cc1ccc(CNC(=O)C2CCCN2C(=O)CC(C)C)c(OCCCOC)c1.C/C(N)=C/NN.CC.CC.Cc1ccon1. The van der Waals surface area contributed by atoms with Gasteiger partial charge in [0.1, 0.15) is 29.8 Å². The Morgan fingerprint density at radius 2 is 1.27 bits per heavy atom. The number of carbonyl (C=O) groups is 4. The molecule has 0 spiro atoms. The normalized spacial score (nSPS) is 14.4. The molecule has 5 rings (SSSR count). The van der Waals surface area contributed by atoms with Gasteiger partial charge in [-0.1, -0.05) is 84.5 Å². The lowest BCUT2D eigenvalue weighted by Crippen LogP contribution is -2.46. The Morgan fingerprint density at radius 1 is 0.800 bits per heavy atom. The number of carbonyl (C=O) groups excluding carboxylic acids is 4. The number of rotatable bonds is 17. The number of terminal acetylenes is 2. The van der Waals surface area contributed by atoms with Crippen LogP contribution in [-0.4, -0.2) is 91.2 Å². The summed E-state index contributed by atoms with van der Waals surface area (Å²) in [4.78, 5) is 53.5. The number of aryl methyl sites for hydroxylation is 1. The number of nitrogens with two attached hydrogens (primary N) is 2. The van der Waals surface area contributed by atoms with Gasteiger partial charge in [-0.15, -0.1) is 12.8 Å². The Balaban J connectivity index is 0.00000104. The Hall–Kier alpha value is -6.49. The van der Waals surface area contributed by atoms with Crippen LogP contribution in [0.3, 0.4) is 0 Å². The molecule has 16 nitrogen and oxygen atoms in total. The van der Waals surface area contributed by atoms with E-state index in [1.54, 1.807) is 49.3 Å². The van der Waals surface area contributed by atoms with Gasteiger partial charge in [-0.3, -0.25) is 25.0 Å². The average Bonchev–Trinajstić information content (AvgIpc) is 4.17. The fraction of sp³-hybridized carbons (Fsp3) is 0.537. The lowest BCUT2D eigenvalue weighted by Gasteiger charge is -2.25. The van der Waals surface area contributed by atoms with E-state index in [1.165, 1.54) is 6.20 Å². The summed E-state index contributed by atoms with van der Waals surface area (Å²) in [6.45, 7) is 22.8. The molecule has 4 amide bonds. The first-order chi connectivity index (χ1) is 33.6. The van der Waals surface area contributed by atoms with Crippen molar-refractivity contribution in [1.82, 2.24) is 31.0 Å². The number of nitrogens with one attached hydrogen (secondary N) is 3. The highest BCUT2D eigenvalue weighted by atomic mass is 16.5. The average molecular weight is 973 g/mol. The summed E-state index contributed by atoms with van der Waals surface area (Å²) in [6.07, 6.45) is 18.8. The molecule has 70 heavy (non-hydrogen) atoms. The first kappa shape index (κ1) is 63.5. The Kier molecular flexibility index (Phi) is 33.9. The van der Waals surface area contributed by atoms with E-state index in [0.717, 1.165) is 47.2 Å². The van der Waals surface area contributed by atoms with E-state index in [-0.39, 0.29) is 41.5 Å². The summed E-state index contributed by atoms with van der Waals surface area (Å²) in [7, 11) is 3.22. The number of hydrogen-bond donors (Lipinski definition) is 5. The van der Waals surface area contributed by atoms with E-state index < -0.39 is 6.04 Å². The van der Waals surface area contributed by atoms with Gasteiger partial charge in [0.05, 0.1) is 19.4 Å². The molecule has 7 N–H and O–H groups in total. The molecule has 388 valence electrons. The zero-order valence-electron chi connectivity index (χ0n) is 44.1. The molecule has 3 aromatic rings. The highest BCUT2D eigenvalue weighted by Gasteiger charge is 2.35. The van der Waals surface area contributed by atoms with Crippen LogP contribution in [0.5, 0.6) is 11.5 Å². The molecule has 2 unspecified atom stereocenters. The number of hydrazine groups is 1. The van der Waals surface area contributed by atoms with Crippen molar-refractivity contribution in [2.24, 2.45) is 23.4 Å². The highest BCUT2D eigenvalue weighted by Crippen LogP contribution is 2.24. The van der Waals surface area contributed by atoms with E-state index >= 15 is 0 Å². The molecule has 0 radical (unpaired) electrons. The Bertz CT molecular complexity index is 2070. The van der Waals surface area contributed by atoms with Crippen LogP contribution in [-0.2, 0) is 37.0 Å². The lowest BCUT2D eigenvalue weighted by molar-refractivity contribution is -0.139. The van der Waals surface area contributed by atoms with Crippen LogP contribution in [0, 0.1) is 43.4 Å². The quantitative estimate of drug-likeness (QED) is 0.0388. The van der Waals surface area contributed by atoms with E-state index in [2.05, 4.69) is 37.6 Å². The second-order valence-electron chi connectivity index (χ2n) is 16.7. The summed E-state index contributed by atoms with van der Waals surface area (Å²) in [6, 6.07) is 12.0. The van der Waals surface area contributed by atoms with Gasteiger partial charge < -0.3 is 50.3 Å². The lowest BCUT2D eigenvalue weighted by atomic mass is 10.1. The molecule has 2 saturated heterocycles. The van der Waals surface area contributed by atoms with E-state index in [4.69, 9.17) is 38.6 Å². The van der Waals surface area contributed by atoms with Gasteiger partial charge in [0, 0.05) is 99.4 Å². The predicted octanol–water partition coefficient (Wildman–Crippen LogP) is 7.37. The topological polar surface area (TPSA) is 217 Å².